The Morgan fingerprint density at radius 2 is 1.86 bits per heavy atom. The average Bonchev–Trinajstić information content (AvgIpc) is 2.40. The molecule has 0 aromatic rings. The molecule has 0 aliphatic heterocycles. The normalized spacial score (nSPS) is 13.5. The van der Waals surface area contributed by atoms with Crippen LogP contribution in [0.1, 0.15) is 66.7 Å². The van der Waals surface area contributed by atoms with Crippen LogP contribution in [0.2, 0.25) is 0 Å². The Balaban J connectivity index is 0. The Morgan fingerprint density at radius 1 is 1.18 bits per heavy atom. The summed E-state index contributed by atoms with van der Waals surface area (Å²) < 4.78 is 5.05. The van der Waals surface area contributed by atoms with Crippen LogP contribution in [0.4, 0.5) is 0 Å². The lowest BCUT2D eigenvalue weighted by Gasteiger charge is -2.23. The van der Waals surface area contributed by atoms with Gasteiger partial charge in [-0.25, -0.2) is 0 Å². The number of methoxy groups -OCH3 is 1. The lowest BCUT2D eigenvalue weighted by Crippen LogP contribution is -2.42. The molecule has 2 N–H and O–H groups in total. The molecule has 0 aliphatic carbocycles. The number of aliphatic imine (C=N–C) groups is 1. The fourth-order valence-corrected chi connectivity index (χ4v) is 2.00. The topological polar surface area (TPSA) is 45.7 Å². The molecule has 134 valence electrons. The number of hydrogen-bond donors (Lipinski definition) is 2. The third-order valence-corrected chi connectivity index (χ3v) is 3.33. The van der Waals surface area contributed by atoms with Crippen molar-refractivity contribution in [3.8, 4) is 0 Å². The molecule has 0 rings (SSSR count). The summed E-state index contributed by atoms with van der Waals surface area (Å²) in [5.74, 6) is 0.950. The molecule has 5 heteroatoms. The van der Waals surface area contributed by atoms with E-state index >= 15 is 0 Å². The summed E-state index contributed by atoms with van der Waals surface area (Å²) in [6.45, 7) is 13.8. The second-order valence-corrected chi connectivity index (χ2v) is 6.96. The number of halogens is 1. The predicted molar refractivity (Wildman–Crippen MR) is 108 cm³/mol. The zero-order valence-electron chi connectivity index (χ0n) is 15.5. The van der Waals surface area contributed by atoms with E-state index in [1.165, 1.54) is 19.3 Å². The lowest BCUT2D eigenvalue weighted by molar-refractivity contribution is 0.192. The molecule has 0 amide bonds. The number of rotatable bonds is 10. The van der Waals surface area contributed by atoms with Crippen LogP contribution >= 0.6 is 24.0 Å². The van der Waals surface area contributed by atoms with Crippen molar-refractivity contribution in [1.82, 2.24) is 10.6 Å². The second kappa shape index (κ2) is 14.5. The van der Waals surface area contributed by atoms with E-state index in [0.717, 1.165) is 38.5 Å². The van der Waals surface area contributed by atoms with Gasteiger partial charge in [0.25, 0.3) is 0 Å². The average molecular weight is 427 g/mol. The first kappa shape index (κ1) is 24.2. The molecule has 0 spiro atoms. The van der Waals surface area contributed by atoms with Crippen LogP contribution in [-0.4, -0.2) is 38.8 Å². The SMILES string of the molecule is CCNC(=NCCCCCOC)NC(C)CCC(C)(C)C.I. The number of nitrogens with one attached hydrogen (secondary N) is 2. The van der Waals surface area contributed by atoms with E-state index in [2.05, 4.69) is 50.2 Å². The summed E-state index contributed by atoms with van der Waals surface area (Å²) in [5, 5.41) is 6.83. The maximum Gasteiger partial charge on any atom is 0.191 e. The van der Waals surface area contributed by atoms with Crippen molar-refractivity contribution >= 4 is 29.9 Å². The van der Waals surface area contributed by atoms with Crippen LogP contribution in [0.3, 0.4) is 0 Å². The maximum atomic E-state index is 5.05. The van der Waals surface area contributed by atoms with Gasteiger partial charge in [-0.1, -0.05) is 20.8 Å². The first-order chi connectivity index (χ1) is 9.89. The van der Waals surface area contributed by atoms with E-state index in [-0.39, 0.29) is 24.0 Å². The minimum Gasteiger partial charge on any atom is -0.385 e. The molecular weight excluding hydrogens is 389 g/mol. The number of unbranched alkanes of at least 4 members (excludes halogenated alkanes) is 2. The molecule has 0 bridgehead atoms. The molecule has 0 saturated heterocycles. The van der Waals surface area contributed by atoms with Crippen LogP contribution in [0, 0.1) is 5.41 Å². The summed E-state index contributed by atoms with van der Waals surface area (Å²) in [5.41, 5.74) is 0.396. The summed E-state index contributed by atoms with van der Waals surface area (Å²) in [7, 11) is 1.75. The Kier molecular flexibility index (Phi) is 16.0. The van der Waals surface area contributed by atoms with Gasteiger partial charge in [0.05, 0.1) is 0 Å². The van der Waals surface area contributed by atoms with Crippen molar-refractivity contribution in [2.24, 2.45) is 10.4 Å². The van der Waals surface area contributed by atoms with E-state index in [0.29, 0.717) is 11.5 Å². The Labute approximate surface area is 155 Å². The molecule has 4 nitrogen and oxygen atoms in total. The van der Waals surface area contributed by atoms with Crippen molar-refractivity contribution in [3.05, 3.63) is 0 Å². The largest absolute Gasteiger partial charge is 0.385 e. The van der Waals surface area contributed by atoms with Gasteiger partial charge in [-0.15, -0.1) is 24.0 Å². The summed E-state index contributed by atoms with van der Waals surface area (Å²) in [6.07, 6.45) is 5.81. The molecule has 0 fully saturated rings. The Morgan fingerprint density at radius 3 is 2.41 bits per heavy atom. The highest BCUT2D eigenvalue weighted by Gasteiger charge is 2.13. The Bertz CT molecular complexity index is 278. The van der Waals surface area contributed by atoms with Crippen molar-refractivity contribution in [1.29, 1.82) is 0 Å². The number of nitrogens with zero attached hydrogens (tertiary/aromatic N) is 1. The molecule has 22 heavy (non-hydrogen) atoms. The van der Waals surface area contributed by atoms with Gasteiger partial charge in [0.1, 0.15) is 0 Å². The maximum absolute atomic E-state index is 5.05. The van der Waals surface area contributed by atoms with Gasteiger partial charge in [-0.05, 0) is 51.4 Å². The first-order valence-corrected chi connectivity index (χ1v) is 8.43. The third-order valence-electron chi connectivity index (χ3n) is 3.33. The van der Waals surface area contributed by atoms with Crippen molar-refractivity contribution < 1.29 is 4.74 Å². The minimum atomic E-state index is 0. The number of hydrogen-bond acceptors (Lipinski definition) is 2. The standard InChI is InChI=1S/C17H37N3O.HI/c1-7-18-16(19-13-9-8-10-14-21-6)20-15(2)11-12-17(3,4)5;/h15H,7-14H2,1-6H3,(H2,18,19,20);1H. The molecule has 0 aliphatic rings. The van der Waals surface area contributed by atoms with Gasteiger partial charge in [-0.3, -0.25) is 4.99 Å². The lowest BCUT2D eigenvalue weighted by atomic mass is 9.89. The van der Waals surface area contributed by atoms with Crippen molar-refractivity contribution in [3.63, 3.8) is 0 Å². The van der Waals surface area contributed by atoms with E-state index < -0.39 is 0 Å². The van der Waals surface area contributed by atoms with E-state index in [9.17, 15) is 0 Å². The monoisotopic (exact) mass is 427 g/mol. The summed E-state index contributed by atoms with van der Waals surface area (Å²) in [4.78, 5) is 4.65. The van der Waals surface area contributed by atoms with Gasteiger partial charge in [0.2, 0.25) is 0 Å². The van der Waals surface area contributed by atoms with Crippen LogP contribution in [0.25, 0.3) is 0 Å². The first-order valence-electron chi connectivity index (χ1n) is 8.43. The van der Waals surface area contributed by atoms with Gasteiger partial charge in [-0.2, -0.15) is 0 Å². The highest BCUT2D eigenvalue weighted by atomic mass is 127. The number of guanidine groups is 1. The molecule has 0 saturated carbocycles. The highest BCUT2D eigenvalue weighted by molar-refractivity contribution is 14.0. The number of ether oxygens (including phenoxy) is 1. The van der Waals surface area contributed by atoms with Crippen LogP contribution in [0.15, 0.2) is 4.99 Å². The smallest absolute Gasteiger partial charge is 0.191 e. The van der Waals surface area contributed by atoms with E-state index in [4.69, 9.17) is 4.74 Å². The van der Waals surface area contributed by atoms with Gasteiger partial charge in [0.15, 0.2) is 5.96 Å². The molecule has 0 radical (unpaired) electrons. The van der Waals surface area contributed by atoms with E-state index in [1.807, 2.05) is 0 Å². The third kappa shape index (κ3) is 16.3. The van der Waals surface area contributed by atoms with Gasteiger partial charge >= 0.3 is 0 Å². The van der Waals surface area contributed by atoms with Crippen LogP contribution in [-0.2, 0) is 4.74 Å². The highest BCUT2D eigenvalue weighted by Crippen LogP contribution is 2.21. The quantitative estimate of drug-likeness (QED) is 0.238. The Hall–Kier alpha value is -0.0400. The molecule has 1 atom stereocenters. The summed E-state index contributed by atoms with van der Waals surface area (Å²) in [6, 6.07) is 0.454. The van der Waals surface area contributed by atoms with Crippen molar-refractivity contribution in [2.75, 3.05) is 26.8 Å². The zero-order chi connectivity index (χ0) is 16.1. The molecular formula is C17H38IN3O. The second-order valence-electron chi connectivity index (χ2n) is 6.96. The molecule has 1 unspecified atom stereocenters. The van der Waals surface area contributed by atoms with E-state index in [1.54, 1.807) is 7.11 Å². The molecule has 0 aromatic carbocycles. The fraction of sp³-hybridized carbons (Fsp3) is 0.941. The van der Waals surface area contributed by atoms with Crippen molar-refractivity contribution in [2.45, 2.75) is 72.8 Å². The minimum absolute atomic E-state index is 0. The van der Waals surface area contributed by atoms with Crippen LogP contribution < -0.4 is 10.6 Å². The zero-order valence-corrected chi connectivity index (χ0v) is 17.8. The van der Waals surface area contributed by atoms with Crippen LogP contribution in [0.5, 0.6) is 0 Å². The van der Waals surface area contributed by atoms with Gasteiger partial charge < -0.3 is 15.4 Å². The summed E-state index contributed by atoms with van der Waals surface area (Å²) >= 11 is 0. The molecule has 0 heterocycles. The van der Waals surface area contributed by atoms with Gasteiger partial charge in [0, 0.05) is 32.8 Å². The molecule has 0 aromatic heterocycles. The predicted octanol–water partition coefficient (Wildman–Crippen LogP) is 4.19. The fourth-order valence-electron chi connectivity index (χ4n) is 2.00.